The molecular weight excluding hydrogens is 386 g/mol. The maximum absolute atomic E-state index is 12.7. The highest BCUT2D eigenvalue weighted by Crippen LogP contribution is 2.25. The summed E-state index contributed by atoms with van der Waals surface area (Å²) >= 11 is 3.36. The number of likely N-dealkylation sites (N-methyl/N-ethyl adjacent to an activating group) is 1. The predicted molar refractivity (Wildman–Crippen MR) is 96.6 cm³/mol. The van der Waals surface area contributed by atoms with Gasteiger partial charge in [0.25, 0.3) is 5.91 Å². The third-order valence-corrected chi connectivity index (χ3v) is 4.23. The quantitative estimate of drug-likeness (QED) is 0.804. The van der Waals surface area contributed by atoms with Crippen LogP contribution in [0.25, 0.3) is 0 Å². The van der Waals surface area contributed by atoms with E-state index in [-0.39, 0.29) is 30.3 Å². The summed E-state index contributed by atoms with van der Waals surface area (Å²) in [5.74, 6) is 0.318. The van der Waals surface area contributed by atoms with Crippen molar-refractivity contribution in [3.63, 3.8) is 0 Å². The molecule has 1 fully saturated rings. The lowest BCUT2D eigenvalue weighted by atomic mass is 10.2. The molecule has 0 radical (unpaired) electrons. The highest BCUT2D eigenvalue weighted by Gasteiger charge is 2.25. The number of nitrogens with zero attached hydrogens (tertiary/aromatic N) is 2. The number of amides is 2. The molecule has 0 aliphatic heterocycles. The summed E-state index contributed by atoms with van der Waals surface area (Å²) in [6.07, 6.45) is 3.58. The molecule has 25 heavy (non-hydrogen) atoms. The fourth-order valence-electron chi connectivity index (χ4n) is 2.24. The van der Waals surface area contributed by atoms with E-state index >= 15 is 0 Å². The van der Waals surface area contributed by atoms with Gasteiger partial charge in [-0.05, 0) is 49.2 Å². The average molecular weight is 404 g/mol. The Balaban J connectivity index is 1.71. The van der Waals surface area contributed by atoms with Crippen molar-refractivity contribution in [2.24, 2.45) is 0 Å². The van der Waals surface area contributed by atoms with Crippen molar-refractivity contribution in [2.45, 2.75) is 18.9 Å². The lowest BCUT2D eigenvalue weighted by molar-refractivity contribution is -0.121. The Morgan fingerprint density at radius 1 is 1.28 bits per heavy atom. The Hall–Kier alpha value is -2.41. The Morgan fingerprint density at radius 3 is 2.68 bits per heavy atom. The largest absolute Gasteiger partial charge is 0.438 e. The van der Waals surface area contributed by atoms with E-state index in [1.54, 1.807) is 37.5 Å². The number of carbonyl (C=O) groups is 2. The van der Waals surface area contributed by atoms with E-state index in [9.17, 15) is 9.59 Å². The maximum Gasteiger partial charge on any atom is 0.259 e. The van der Waals surface area contributed by atoms with Crippen molar-refractivity contribution in [3.8, 4) is 11.6 Å². The highest BCUT2D eigenvalue weighted by molar-refractivity contribution is 9.10. The molecule has 7 heteroatoms. The van der Waals surface area contributed by atoms with Gasteiger partial charge in [-0.15, -0.1) is 0 Å². The van der Waals surface area contributed by atoms with Crippen molar-refractivity contribution in [1.82, 2.24) is 15.2 Å². The van der Waals surface area contributed by atoms with Gasteiger partial charge in [0, 0.05) is 23.8 Å². The SMILES string of the molecule is CN(CC(=O)NC1CC1)C(=O)c1cccnc1Oc1ccc(Br)cc1. The molecular formula is C18H18BrN3O3. The van der Waals surface area contributed by atoms with Crippen LogP contribution in [0.3, 0.4) is 0 Å². The second kappa shape index (κ2) is 7.65. The van der Waals surface area contributed by atoms with Gasteiger partial charge in [-0.25, -0.2) is 4.98 Å². The summed E-state index contributed by atoms with van der Waals surface area (Å²) in [6.45, 7) is 0.00194. The Labute approximate surface area is 154 Å². The first kappa shape index (κ1) is 17.4. The van der Waals surface area contributed by atoms with Gasteiger partial charge in [0.1, 0.15) is 11.3 Å². The summed E-state index contributed by atoms with van der Waals surface area (Å²) in [6, 6.07) is 10.8. The number of halogens is 1. The zero-order valence-corrected chi connectivity index (χ0v) is 15.3. The maximum atomic E-state index is 12.7. The summed E-state index contributed by atoms with van der Waals surface area (Å²) in [7, 11) is 1.59. The van der Waals surface area contributed by atoms with Crippen LogP contribution in [0.15, 0.2) is 47.1 Å². The van der Waals surface area contributed by atoms with Crippen LogP contribution in [-0.2, 0) is 4.79 Å². The average Bonchev–Trinajstić information content (AvgIpc) is 3.40. The molecule has 1 aromatic carbocycles. The van der Waals surface area contributed by atoms with Crippen LogP contribution in [0, 0.1) is 0 Å². The lowest BCUT2D eigenvalue weighted by Crippen LogP contribution is -2.39. The van der Waals surface area contributed by atoms with Gasteiger partial charge in [-0.2, -0.15) is 0 Å². The molecule has 6 nitrogen and oxygen atoms in total. The smallest absolute Gasteiger partial charge is 0.259 e. The minimum atomic E-state index is -0.314. The molecule has 1 N–H and O–H groups in total. The standard InChI is InChI=1S/C18H18BrN3O3/c1-22(11-16(23)21-13-6-7-13)18(24)15-3-2-10-20-17(15)25-14-8-4-12(19)5-9-14/h2-5,8-10,13H,6-7,11H2,1H3,(H,21,23). The normalized spacial score (nSPS) is 13.2. The number of benzene rings is 1. The lowest BCUT2D eigenvalue weighted by Gasteiger charge is -2.18. The summed E-state index contributed by atoms with van der Waals surface area (Å²) in [5.41, 5.74) is 0.312. The molecule has 1 saturated carbocycles. The van der Waals surface area contributed by atoms with Crippen molar-refractivity contribution in [2.75, 3.05) is 13.6 Å². The molecule has 0 unspecified atom stereocenters. The number of carbonyl (C=O) groups excluding carboxylic acids is 2. The van der Waals surface area contributed by atoms with E-state index in [2.05, 4.69) is 26.2 Å². The van der Waals surface area contributed by atoms with E-state index in [4.69, 9.17) is 4.74 Å². The highest BCUT2D eigenvalue weighted by atomic mass is 79.9. The molecule has 2 amide bonds. The van der Waals surface area contributed by atoms with E-state index in [0.717, 1.165) is 17.3 Å². The van der Waals surface area contributed by atoms with Gasteiger partial charge in [0.2, 0.25) is 11.8 Å². The minimum absolute atomic E-state index is 0.00194. The Kier molecular flexibility index (Phi) is 5.33. The van der Waals surface area contributed by atoms with Crippen LogP contribution in [0.4, 0.5) is 0 Å². The number of hydrogen-bond acceptors (Lipinski definition) is 4. The molecule has 0 atom stereocenters. The predicted octanol–water partition coefficient (Wildman–Crippen LogP) is 2.99. The van der Waals surface area contributed by atoms with Crippen molar-refractivity contribution < 1.29 is 14.3 Å². The second-order valence-electron chi connectivity index (χ2n) is 5.92. The van der Waals surface area contributed by atoms with Gasteiger partial charge in [-0.1, -0.05) is 15.9 Å². The number of aromatic nitrogens is 1. The molecule has 2 aromatic rings. The Morgan fingerprint density at radius 2 is 2.00 bits per heavy atom. The first-order chi connectivity index (χ1) is 12.0. The number of rotatable bonds is 6. The second-order valence-corrected chi connectivity index (χ2v) is 6.83. The molecule has 1 aromatic heterocycles. The fourth-order valence-corrected chi connectivity index (χ4v) is 2.51. The number of ether oxygens (including phenoxy) is 1. The van der Waals surface area contributed by atoms with Crippen LogP contribution in [0.2, 0.25) is 0 Å². The van der Waals surface area contributed by atoms with Crippen LogP contribution in [0.1, 0.15) is 23.2 Å². The van der Waals surface area contributed by atoms with E-state index in [1.807, 2.05) is 12.1 Å². The van der Waals surface area contributed by atoms with Gasteiger partial charge in [0.05, 0.1) is 6.54 Å². The zero-order chi connectivity index (χ0) is 17.8. The molecule has 130 valence electrons. The van der Waals surface area contributed by atoms with Crippen molar-refractivity contribution in [1.29, 1.82) is 0 Å². The van der Waals surface area contributed by atoms with Gasteiger partial charge >= 0.3 is 0 Å². The third-order valence-electron chi connectivity index (χ3n) is 3.70. The summed E-state index contributed by atoms with van der Waals surface area (Å²) in [4.78, 5) is 30.1. The molecule has 0 spiro atoms. The minimum Gasteiger partial charge on any atom is -0.438 e. The molecule has 1 heterocycles. The van der Waals surface area contributed by atoms with Gasteiger partial charge in [-0.3, -0.25) is 9.59 Å². The number of nitrogens with one attached hydrogen (secondary N) is 1. The third kappa shape index (κ3) is 4.79. The topological polar surface area (TPSA) is 71.5 Å². The number of pyridine rings is 1. The first-order valence-corrected chi connectivity index (χ1v) is 8.75. The fraction of sp³-hybridized carbons (Fsp3) is 0.278. The van der Waals surface area contributed by atoms with Crippen LogP contribution < -0.4 is 10.1 Å². The van der Waals surface area contributed by atoms with E-state index < -0.39 is 0 Å². The molecule has 0 bridgehead atoms. The van der Waals surface area contributed by atoms with E-state index in [0.29, 0.717) is 11.3 Å². The van der Waals surface area contributed by atoms with Crippen LogP contribution in [-0.4, -0.2) is 41.3 Å². The van der Waals surface area contributed by atoms with Crippen molar-refractivity contribution >= 4 is 27.7 Å². The van der Waals surface area contributed by atoms with Crippen LogP contribution in [0.5, 0.6) is 11.6 Å². The van der Waals surface area contributed by atoms with Crippen LogP contribution >= 0.6 is 15.9 Å². The molecule has 1 aliphatic carbocycles. The van der Waals surface area contributed by atoms with Gasteiger partial charge < -0.3 is 15.0 Å². The molecule has 3 rings (SSSR count). The molecule has 1 aliphatic rings. The number of hydrogen-bond donors (Lipinski definition) is 1. The summed E-state index contributed by atoms with van der Waals surface area (Å²) in [5, 5.41) is 2.87. The van der Waals surface area contributed by atoms with Crippen molar-refractivity contribution in [3.05, 3.63) is 52.6 Å². The summed E-state index contributed by atoms with van der Waals surface area (Å²) < 4.78 is 6.66. The Bertz CT molecular complexity index is 775. The van der Waals surface area contributed by atoms with E-state index in [1.165, 1.54) is 4.90 Å². The zero-order valence-electron chi connectivity index (χ0n) is 13.7. The molecule has 0 saturated heterocycles. The monoisotopic (exact) mass is 403 g/mol. The van der Waals surface area contributed by atoms with Gasteiger partial charge in [0.15, 0.2) is 0 Å². The first-order valence-electron chi connectivity index (χ1n) is 7.96.